The molecule has 2 aliphatic carbocycles. The molecule has 0 fully saturated rings. The third kappa shape index (κ3) is 4.65. The van der Waals surface area contributed by atoms with Crippen molar-refractivity contribution >= 4 is 17.1 Å². The highest BCUT2D eigenvalue weighted by atomic mass is 16.5. The summed E-state index contributed by atoms with van der Waals surface area (Å²) in [5.41, 5.74) is 20.3. The van der Waals surface area contributed by atoms with Crippen molar-refractivity contribution in [3.8, 4) is 67.1 Å². The molecule has 1 aliphatic heterocycles. The first kappa shape index (κ1) is 31.9. The number of fused-ring (bicyclic) bond motifs is 12. The molecule has 2 heteroatoms. The molecule has 9 aromatic carbocycles. The number of hydrogen-bond donors (Lipinski definition) is 0. The molecule has 0 amide bonds. The van der Waals surface area contributed by atoms with Gasteiger partial charge in [-0.3, -0.25) is 0 Å². The molecule has 0 unspecified atom stereocenters. The molecule has 0 radical (unpaired) electrons. The second-order valence-corrected chi connectivity index (χ2v) is 15.2. The van der Waals surface area contributed by atoms with Gasteiger partial charge in [-0.05, 0) is 120 Å². The van der Waals surface area contributed by atoms with E-state index in [4.69, 9.17) is 4.74 Å². The summed E-state index contributed by atoms with van der Waals surface area (Å²) in [4.78, 5) is 2.34. The van der Waals surface area contributed by atoms with Gasteiger partial charge in [-0.2, -0.15) is 0 Å². The predicted molar refractivity (Wildman–Crippen MR) is 234 cm³/mol. The molecule has 57 heavy (non-hydrogen) atoms. The Labute approximate surface area is 332 Å². The van der Waals surface area contributed by atoms with Gasteiger partial charge in [-0.25, -0.2) is 0 Å². The maximum Gasteiger partial charge on any atom is 0.152 e. The third-order valence-electron chi connectivity index (χ3n) is 12.3. The van der Waals surface area contributed by atoms with Gasteiger partial charge in [0.1, 0.15) is 0 Å². The molecule has 0 bridgehead atoms. The number of nitrogens with zero attached hydrogens (tertiary/aromatic N) is 1. The van der Waals surface area contributed by atoms with Crippen LogP contribution in [0.5, 0.6) is 11.5 Å². The Morgan fingerprint density at radius 2 is 0.684 bits per heavy atom. The molecule has 9 aromatic rings. The second kappa shape index (κ2) is 12.3. The first-order valence-corrected chi connectivity index (χ1v) is 19.7. The standard InChI is InChI=1S/C55H35NO/c1-3-13-36(14-4-1)38-23-28-42(29-24-38)56-51-31-26-40(37-15-5-2-6-16-37)34-53(51)57-54-35-41(27-32-52(54)56)39-25-30-46-45-19-9-12-22-49(45)55(50(46)33-39)47-20-10-7-17-43(47)44-18-8-11-21-48(44)55/h1-35H. The van der Waals surface area contributed by atoms with Crippen LogP contribution in [0, 0.1) is 0 Å². The minimum Gasteiger partial charge on any atom is -0.453 e. The van der Waals surface area contributed by atoms with Gasteiger partial charge >= 0.3 is 0 Å². The van der Waals surface area contributed by atoms with E-state index in [1.807, 2.05) is 0 Å². The Morgan fingerprint density at radius 3 is 1.23 bits per heavy atom. The Bertz CT molecular complexity index is 2970. The molecule has 0 saturated carbocycles. The summed E-state index contributed by atoms with van der Waals surface area (Å²) < 4.78 is 6.93. The van der Waals surface area contributed by atoms with Crippen molar-refractivity contribution in [3.63, 3.8) is 0 Å². The lowest BCUT2D eigenvalue weighted by Crippen LogP contribution is -2.25. The predicted octanol–water partition coefficient (Wildman–Crippen LogP) is 14.6. The van der Waals surface area contributed by atoms with Gasteiger partial charge in [0.2, 0.25) is 0 Å². The maximum absolute atomic E-state index is 6.93. The molecule has 266 valence electrons. The van der Waals surface area contributed by atoms with Gasteiger partial charge in [0.05, 0.1) is 16.8 Å². The van der Waals surface area contributed by atoms with Crippen molar-refractivity contribution in [2.75, 3.05) is 4.90 Å². The highest BCUT2D eigenvalue weighted by Gasteiger charge is 2.51. The van der Waals surface area contributed by atoms with Gasteiger partial charge in [0, 0.05) is 5.69 Å². The van der Waals surface area contributed by atoms with Crippen LogP contribution in [0.2, 0.25) is 0 Å². The van der Waals surface area contributed by atoms with Gasteiger partial charge in [-0.15, -0.1) is 0 Å². The Morgan fingerprint density at radius 1 is 0.298 bits per heavy atom. The van der Waals surface area contributed by atoms with Crippen molar-refractivity contribution in [3.05, 3.63) is 235 Å². The van der Waals surface area contributed by atoms with E-state index in [2.05, 4.69) is 217 Å². The Kier molecular flexibility index (Phi) is 6.88. The molecule has 1 spiro atoms. The topological polar surface area (TPSA) is 12.5 Å². The third-order valence-corrected chi connectivity index (χ3v) is 12.3. The largest absolute Gasteiger partial charge is 0.453 e. The van der Waals surface area contributed by atoms with Crippen LogP contribution in [0.3, 0.4) is 0 Å². The lowest BCUT2D eigenvalue weighted by atomic mass is 9.70. The number of ether oxygens (including phenoxy) is 1. The van der Waals surface area contributed by atoms with E-state index in [0.29, 0.717) is 0 Å². The fraction of sp³-hybridized carbons (Fsp3) is 0.0182. The molecular formula is C55H35NO. The monoisotopic (exact) mass is 725 g/mol. The van der Waals surface area contributed by atoms with Crippen molar-refractivity contribution in [2.24, 2.45) is 0 Å². The molecule has 0 aromatic heterocycles. The van der Waals surface area contributed by atoms with Crippen molar-refractivity contribution in [1.29, 1.82) is 0 Å². The van der Waals surface area contributed by atoms with E-state index in [1.54, 1.807) is 0 Å². The zero-order valence-corrected chi connectivity index (χ0v) is 31.1. The first-order valence-electron chi connectivity index (χ1n) is 19.7. The number of benzene rings is 9. The number of rotatable bonds is 4. The zero-order chi connectivity index (χ0) is 37.5. The quantitative estimate of drug-likeness (QED) is 0.179. The lowest BCUT2D eigenvalue weighted by Gasteiger charge is -2.33. The van der Waals surface area contributed by atoms with E-state index in [0.717, 1.165) is 50.8 Å². The van der Waals surface area contributed by atoms with Gasteiger partial charge in [0.15, 0.2) is 11.5 Å². The fourth-order valence-electron chi connectivity index (χ4n) is 9.79. The summed E-state index contributed by atoms with van der Waals surface area (Å²) in [5.74, 6) is 1.66. The van der Waals surface area contributed by atoms with Crippen LogP contribution in [-0.4, -0.2) is 0 Å². The van der Waals surface area contributed by atoms with Crippen LogP contribution < -0.4 is 9.64 Å². The van der Waals surface area contributed by atoms with Crippen LogP contribution in [0.25, 0.3) is 55.6 Å². The van der Waals surface area contributed by atoms with Crippen molar-refractivity contribution in [2.45, 2.75) is 5.41 Å². The van der Waals surface area contributed by atoms with Crippen molar-refractivity contribution < 1.29 is 4.74 Å². The zero-order valence-electron chi connectivity index (χ0n) is 31.1. The molecule has 12 rings (SSSR count). The first-order chi connectivity index (χ1) is 28.3. The molecule has 3 aliphatic rings. The smallest absolute Gasteiger partial charge is 0.152 e. The number of anilines is 3. The summed E-state index contributed by atoms with van der Waals surface area (Å²) in [7, 11) is 0. The maximum atomic E-state index is 6.93. The normalized spacial score (nSPS) is 13.5. The summed E-state index contributed by atoms with van der Waals surface area (Å²) in [5, 5.41) is 0. The Hall–Kier alpha value is -7.42. The van der Waals surface area contributed by atoms with E-state index < -0.39 is 5.41 Å². The van der Waals surface area contributed by atoms with Gasteiger partial charge in [-0.1, -0.05) is 170 Å². The SMILES string of the molecule is c1ccc(-c2ccc(N3c4ccc(-c5ccccc5)cc4Oc4cc(-c5ccc6c(c5)C5(c7ccccc7-c7ccccc75)c5ccccc5-6)ccc43)cc2)cc1. The van der Waals surface area contributed by atoms with Crippen LogP contribution in [0.1, 0.15) is 22.3 Å². The molecule has 1 heterocycles. The second-order valence-electron chi connectivity index (χ2n) is 15.2. The Balaban J connectivity index is 1.01. The summed E-state index contributed by atoms with van der Waals surface area (Å²) in [6, 6.07) is 77.2. The highest BCUT2D eigenvalue weighted by molar-refractivity contribution is 5.96. The van der Waals surface area contributed by atoms with Crippen LogP contribution in [0.4, 0.5) is 17.1 Å². The lowest BCUT2D eigenvalue weighted by molar-refractivity contribution is 0.477. The average Bonchev–Trinajstić information content (AvgIpc) is 3.76. The van der Waals surface area contributed by atoms with E-state index in [1.165, 1.54) is 55.6 Å². The number of hydrogen-bond acceptors (Lipinski definition) is 2. The van der Waals surface area contributed by atoms with E-state index >= 15 is 0 Å². The van der Waals surface area contributed by atoms with Gasteiger partial charge in [0.25, 0.3) is 0 Å². The average molecular weight is 726 g/mol. The van der Waals surface area contributed by atoms with Crippen LogP contribution in [-0.2, 0) is 5.41 Å². The molecular weight excluding hydrogens is 691 g/mol. The summed E-state index contributed by atoms with van der Waals surface area (Å²) in [6.07, 6.45) is 0. The highest BCUT2D eigenvalue weighted by Crippen LogP contribution is 2.63. The molecule has 0 saturated heterocycles. The molecule has 2 nitrogen and oxygen atoms in total. The van der Waals surface area contributed by atoms with Gasteiger partial charge < -0.3 is 9.64 Å². The van der Waals surface area contributed by atoms with Crippen LogP contribution >= 0.6 is 0 Å². The van der Waals surface area contributed by atoms with E-state index in [9.17, 15) is 0 Å². The van der Waals surface area contributed by atoms with Crippen LogP contribution in [0.15, 0.2) is 212 Å². The minimum atomic E-state index is -0.394. The molecule has 0 atom stereocenters. The minimum absolute atomic E-state index is 0.394. The summed E-state index contributed by atoms with van der Waals surface area (Å²) in [6.45, 7) is 0. The van der Waals surface area contributed by atoms with Crippen molar-refractivity contribution in [1.82, 2.24) is 0 Å². The van der Waals surface area contributed by atoms with E-state index in [-0.39, 0.29) is 0 Å². The molecule has 0 N–H and O–H groups in total. The summed E-state index contributed by atoms with van der Waals surface area (Å²) >= 11 is 0. The fourth-order valence-corrected chi connectivity index (χ4v) is 9.79.